The molecule has 0 unspecified atom stereocenters. The van der Waals surface area contributed by atoms with Gasteiger partial charge in [0.05, 0.1) is 27.9 Å². The van der Waals surface area contributed by atoms with Crippen LogP contribution >= 0.6 is 0 Å². The molecule has 0 saturated heterocycles. The molecule has 8 heteroatoms. The Morgan fingerprint density at radius 2 is 1.37 bits per heavy atom. The van der Waals surface area contributed by atoms with Crippen molar-refractivity contribution in [2.75, 3.05) is 43.8 Å². The number of carbonyl (C=O) groups is 2. The van der Waals surface area contributed by atoms with Gasteiger partial charge in [-0.1, -0.05) is 0 Å². The monoisotopic (exact) mass is 373 g/mol. The number of carbonyl (C=O) groups excluding carboxylic acids is 2. The molecule has 144 valence electrons. The van der Waals surface area contributed by atoms with E-state index < -0.39 is 0 Å². The van der Waals surface area contributed by atoms with Crippen molar-refractivity contribution in [3.63, 3.8) is 0 Å². The first-order valence-corrected chi connectivity index (χ1v) is 8.18. The van der Waals surface area contributed by atoms with E-state index in [0.717, 1.165) is 5.69 Å². The summed E-state index contributed by atoms with van der Waals surface area (Å²) in [5.41, 5.74) is 1.97. The second-order valence-corrected chi connectivity index (χ2v) is 5.57. The molecule has 0 atom stereocenters. The van der Waals surface area contributed by atoms with Crippen LogP contribution in [-0.2, 0) is 9.59 Å². The minimum Gasteiger partial charge on any atom is -0.493 e. The summed E-state index contributed by atoms with van der Waals surface area (Å²) in [4.78, 5) is 23.2. The Bertz CT molecular complexity index is 780. The molecule has 8 nitrogen and oxygen atoms in total. The van der Waals surface area contributed by atoms with Crippen LogP contribution < -0.4 is 30.2 Å². The second kappa shape index (κ2) is 9.33. The maximum Gasteiger partial charge on any atom is 0.243 e. The van der Waals surface area contributed by atoms with Crippen molar-refractivity contribution in [1.82, 2.24) is 0 Å². The third kappa shape index (κ3) is 5.53. The summed E-state index contributed by atoms with van der Waals surface area (Å²) in [6, 6.07) is 10.4. The van der Waals surface area contributed by atoms with Gasteiger partial charge in [0.25, 0.3) is 0 Å². The number of methoxy groups -OCH3 is 3. The molecule has 0 radical (unpaired) electrons. The summed E-state index contributed by atoms with van der Waals surface area (Å²) in [5.74, 6) is 0.980. The quantitative estimate of drug-likeness (QED) is 0.658. The van der Waals surface area contributed by atoms with Crippen molar-refractivity contribution in [2.45, 2.75) is 6.92 Å². The van der Waals surface area contributed by atoms with E-state index in [2.05, 4.69) is 16.0 Å². The van der Waals surface area contributed by atoms with Gasteiger partial charge in [0.1, 0.15) is 0 Å². The SMILES string of the molecule is COc1cc(NC(=O)CNc2ccc(NC(C)=O)cc2)cc(OC)c1OC. The van der Waals surface area contributed by atoms with Crippen molar-refractivity contribution in [1.29, 1.82) is 0 Å². The average molecular weight is 373 g/mol. The minimum atomic E-state index is -0.241. The van der Waals surface area contributed by atoms with Gasteiger partial charge in [0.15, 0.2) is 11.5 Å². The van der Waals surface area contributed by atoms with Crippen molar-refractivity contribution in [2.24, 2.45) is 0 Å². The van der Waals surface area contributed by atoms with Crippen molar-refractivity contribution in [3.05, 3.63) is 36.4 Å². The normalized spacial score (nSPS) is 9.93. The summed E-state index contributed by atoms with van der Waals surface area (Å²) in [5, 5.41) is 8.47. The Labute approximate surface area is 157 Å². The molecule has 2 aromatic carbocycles. The van der Waals surface area contributed by atoms with Crippen LogP contribution in [0, 0.1) is 0 Å². The summed E-state index contributed by atoms with van der Waals surface area (Å²) in [6.45, 7) is 1.51. The lowest BCUT2D eigenvalue weighted by atomic mass is 10.2. The van der Waals surface area contributed by atoms with Crippen LogP contribution in [0.2, 0.25) is 0 Å². The van der Waals surface area contributed by atoms with Crippen molar-refractivity contribution < 1.29 is 23.8 Å². The number of ether oxygens (including phenoxy) is 3. The van der Waals surface area contributed by atoms with Gasteiger partial charge >= 0.3 is 0 Å². The lowest BCUT2D eigenvalue weighted by Gasteiger charge is -2.15. The Balaban J connectivity index is 1.98. The average Bonchev–Trinajstić information content (AvgIpc) is 2.66. The van der Waals surface area contributed by atoms with E-state index in [1.807, 2.05) is 0 Å². The van der Waals surface area contributed by atoms with Gasteiger partial charge in [-0.25, -0.2) is 0 Å². The molecule has 3 N–H and O–H groups in total. The zero-order valence-corrected chi connectivity index (χ0v) is 15.7. The van der Waals surface area contributed by atoms with E-state index >= 15 is 0 Å². The fourth-order valence-corrected chi connectivity index (χ4v) is 2.42. The van der Waals surface area contributed by atoms with Gasteiger partial charge in [-0.15, -0.1) is 0 Å². The van der Waals surface area contributed by atoms with Gasteiger partial charge in [0, 0.05) is 36.1 Å². The zero-order chi connectivity index (χ0) is 19.8. The number of hydrogen-bond acceptors (Lipinski definition) is 6. The smallest absolute Gasteiger partial charge is 0.243 e. The minimum absolute atomic E-state index is 0.0656. The predicted molar refractivity (Wildman–Crippen MR) is 104 cm³/mol. The molecule has 0 fully saturated rings. The third-order valence-corrected chi connectivity index (χ3v) is 3.61. The van der Waals surface area contributed by atoms with E-state index in [0.29, 0.717) is 28.6 Å². The molecule has 0 aliphatic carbocycles. The largest absolute Gasteiger partial charge is 0.493 e. The molecule has 27 heavy (non-hydrogen) atoms. The summed E-state index contributed by atoms with van der Waals surface area (Å²) >= 11 is 0. The summed E-state index contributed by atoms with van der Waals surface area (Å²) in [6.07, 6.45) is 0. The van der Waals surface area contributed by atoms with Crippen LogP contribution in [-0.4, -0.2) is 39.7 Å². The number of anilines is 3. The first-order chi connectivity index (χ1) is 13.0. The lowest BCUT2D eigenvalue weighted by molar-refractivity contribution is -0.115. The Hall–Kier alpha value is -3.42. The Kier molecular flexibility index (Phi) is 6.87. The van der Waals surface area contributed by atoms with E-state index in [9.17, 15) is 9.59 Å². The highest BCUT2D eigenvalue weighted by Crippen LogP contribution is 2.39. The maximum atomic E-state index is 12.2. The van der Waals surface area contributed by atoms with Crippen LogP contribution in [0.5, 0.6) is 17.2 Å². The standard InChI is InChI=1S/C19H23N3O5/c1-12(23)21-14-7-5-13(6-8-14)20-11-18(24)22-15-9-16(25-2)19(27-4)17(10-15)26-3/h5-10,20H,11H2,1-4H3,(H,21,23)(H,22,24). The molecular formula is C19H23N3O5. The second-order valence-electron chi connectivity index (χ2n) is 5.57. The molecule has 0 heterocycles. The van der Waals surface area contributed by atoms with Crippen molar-refractivity contribution in [3.8, 4) is 17.2 Å². The lowest BCUT2D eigenvalue weighted by Crippen LogP contribution is -2.21. The van der Waals surface area contributed by atoms with E-state index in [-0.39, 0.29) is 18.4 Å². The van der Waals surface area contributed by atoms with Crippen LogP contribution in [0.15, 0.2) is 36.4 Å². The van der Waals surface area contributed by atoms with E-state index in [1.165, 1.54) is 28.3 Å². The molecule has 2 amide bonds. The van der Waals surface area contributed by atoms with E-state index in [4.69, 9.17) is 14.2 Å². The van der Waals surface area contributed by atoms with Gasteiger partial charge in [-0.2, -0.15) is 0 Å². The molecule has 0 aliphatic heterocycles. The molecule has 0 saturated carbocycles. The molecule has 0 aliphatic rings. The van der Waals surface area contributed by atoms with Crippen LogP contribution in [0.25, 0.3) is 0 Å². The number of nitrogens with one attached hydrogen (secondary N) is 3. The molecular weight excluding hydrogens is 350 g/mol. The van der Waals surface area contributed by atoms with Crippen LogP contribution in [0.1, 0.15) is 6.92 Å². The Morgan fingerprint density at radius 3 is 1.85 bits per heavy atom. The molecule has 0 aromatic heterocycles. The van der Waals surface area contributed by atoms with Gasteiger partial charge in [-0.05, 0) is 24.3 Å². The highest BCUT2D eigenvalue weighted by atomic mass is 16.5. The predicted octanol–water partition coefficient (Wildman–Crippen LogP) is 2.72. The molecule has 2 rings (SSSR count). The van der Waals surface area contributed by atoms with E-state index in [1.54, 1.807) is 36.4 Å². The maximum absolute atomic E-state index is 12.2. The number of amides is 2. The van der Waals surface area contributed by atoms with Gasteiger partial charge in [-0.3, -0.25) is 9.59 Å². The fourth-order valence-electron chi connectivity index (χ4n) is 2.42. The topological polar surface area (TPSA) is 97.9 Å². The number of rotatable bonds is 8. The first-order valence-electron chi connectivity index (χ1n) is 8.18. The van der Waals surface area contributed by atoms with Gasteiger partial charge in [0.2, 0.25) is 17.6 Å². The van der Waals surface area contributed by atoms with Gasteiger partial charge < -0.3 is 30.2 Å². The third-order valence-electron chi connectivity index (χ3n) is 3.61. The highest BCUT2D eigenvalue weighted by Gasteiger charge is 2.14. The molecule has 2 aromatic rings. The van der Waals surface area contributed by atoms with Crippen molar-refractivity contribution >= 4 is 28.9 Å². The number of benzene rings is 2. The summed E-state index contributed by atoms with van der Waals surface area (Å²) < 4.78 is 15.8. The Morgan fingerprint density at radius 1 is 0.815 bits per heavy atom. The van der Waals surface area contributed by atoms with Crippen LogP contribution in [0.4, 0.5) is 17.1 Å². The fraction of sp³-hybridized carbons (Fsp3) is 0.263. The first kappa shape index (κ1) is 19.9. The number of hydrogen-bond donors (Lipinski definition) is 3. The molecule has 0 spiro atoms. The highest BCUT2D eigenvalue weighted by molar-refractivity contribution is 5.94. The summed E-state index contributed by atoms with van der Waals surface area (Å²) in [7, 11) is 4.53. The zero-order valence-electron chi connectivity index (χ0n) is 15.7. The molecule has 0 bridgehead atoms. The van der Waals surface area contributed by atoms with Crippen LogP contribution in [0.3, 0.4) is 0 Å².